The second-order valence-electron chi connectivity index (χ2n) is 14.3. The number of hydrogen-bond donors (Lipinski definition) is 2. The predicted octanol–water partition coefficient (Wildman–Crippen LogP) is 3.78. The van der Waals surface area contributed by atoms with Crippen molar-refractivity contribution in [2.45, 2.75) is 120 Å². The van der Waals surface area contributed by atoms with Crippen LogP contribution in [0.15, 0.2) is 0 Å². The minimum Gasteiger partial charge on any atom is -0.391 e. The molecule has 250 valence electrons. The van der Waals surface area contributed by atoms with Gasteiger partial charge < -0.3 is 10.2 Å². The topological polar surface area (TPSA) is 156 Å². The fourth-order valence-corrected chi connectivity index (χ4v) is 6.37. The fraction of sp³-hybridized carbons (Fsp3) is 0.812. The van der Waals surface area contributed by atoms with Gasteiger partial charge in [0.25, 0.3) is 0 Å². The number of amides is 8. The van der Waals surface area contributed by atoms with Crippen LogP contribution in [0.2, 0.25) is 0 Å². The highest BCUT2D eigenvalue weighted by molar-refractivity contribution is 6.20. The molecule has 2 aliphatic rings. The number of rotatable bonds is 14. The Morgan fingerprint density at radius 1 is 0.591 bits per heavy atom. The quantitative estimate of drug-likeness (QED) is 0.277. The standard InChI is InChI=1S/C32H54N4O8/c1-11-16-30(9,10)22(38)19-35-25(41)31(12-2,13-3)23(39)33(27(35)43)17-21(37)18-34-24(40)32(14-4,15-5)26(42)36(28(34)44)20-29(6,7)8/h21-22,37-38H,11-20H2,1-10H3. The monoisotopic (exact) mass is 622 g/mol. The van der Waals surface area contributed by atoms with E-state index in [1.165, 1.54) is 0 Å². The third kappa shape index (κ3) is 6.71. The van der Waals surface area contributed by atoms with Gasteiger partial charge in [-0.3, -0.25) is 38.8 Å². The van der Waals surface area contributed by atoms with Crippen molar-refractivity contribution in [3.63, 3.8) is 0 Å². The molecule has 12 nitrogen and oxygen atoms in total. The second-order valence-corrected chi connectivity index (χ2v) is 14.3. The average molecular weight is 623 g/mol. The largest absolute Gasteiger partial charge is 0.391 e. The number of aliphatic hydroxyl groups excluding tert-OH is 2. The zero-order chi connectivity index (χ0) is 34.0. The van der Waals surface area contributed by atoms with E-state index in [1.807, 2.05) is 41.5 Å². The number of nitrogens with zero attached hydrogens (tertiary/aromatic N) is 4. The zero-order valence-electron chi connectivity index (χ0n) is 28.4. The minimum absolute atomic E-state index is 0.0543. The number of carbonyl (C=O) groups excluding carboxylic acids is 6. The van der Waals surface area contributed by atoms with Crippen LogP contribution < -0.4 is 0 Å². The highest BCUT2D eigenvalue weighted by atomic mass is 16.3. The molecular formula is C32H54N4O8. The first-order chi connectivity index (χ1) is 20.2. The summed E-state index contributed by atoms with van der Waals surface area (Å²) in [6.07, 6.45) is -0.726. The molecule has 2 rings (SSSR count). The normalized spacial score (nSPS) is 21.0. The van der Waals surface area contributed by atoms with Gasteiger partial charge in [-0.05, 0) is 42.9 Å². The second kappa shape index (κ2) is 13.6. The molecule has 2 fully saturated rings. The maximum atomic E-state index is 13.7. The van der Waals surface area contributed by atoms with E-state index < -0.39 is 82.6 Å². The van der Waals surface area contributed by atoms with Gasteiger partial charge in [0.05, 0.1) is 31.8 Å². The highest BCUT2D eigenvalue weighted by Crippen LogP contribution is 2.39. The molecule has 0 bridgehead atoms. The van der Waals surface area contributed by atoms with Gasteiger partial charge >= 0.3 is 12.1 Å². The van der Waals surface area contributed by atoms with Gasteiger partial charge in [-0.2, -0.15) is 0 Å². The molecular weight excluding hydrogens is 568 g/mol. The smallest absolute Gasteiger partial charge is 0.333 e. The summed E-state index contributed by atoms with van der Waals surface area (Å²) in [5.41, 5.74) is -4.14. The van der Waals surface area contributed by atoms with Crippen LogP contribution >= 0.6 is 0 Å². The lowest BCUT2D eigenvalue weighted by atomic mass is 9.77. The van der Waals surface area contributed by atoms with Crippen molar-refractivity contribution in [2.24, 2.45) is 21.7 Å². The number of hydrogen-bond acceptors (Lipinski definition) is 8. The average Bonchev–Trinajstić information content (AvgIpc) is 2.95. The third-order valence-electron chi connectivity index (χ3n) is 9.53. The predicted molar refractivity (Wildman–Crippen MR) is 164 cm³/mol. The van der Waals surface area contributed by atoms with Gasteiger partial charge in [0.15, 0.2) is 0 Å². The lowest BCUT2D eigenvalue weighted by molar-refractivity contribution is -0.162. The van der Waals surface area contributed by atoms with E-state index in [9.17, 15) is 39.0 Å². The van der Waals surface area contributed by atoms with Crippen LogP contribution in [0.25, 0.3) is 0 Å². The number of β-amino-alcohol motifs (C(OH)–C–C–N with tert-alkyl or cyclic N) is 2. The molecule has 0 aromatic rings. The molecule has 2 unspecified atom stereocenters. The number of aliphatic hydroxyl groups is 2. The van der Waals surface area contributed by atoms with Crippen LogP contribution in [0.3, 0.4) is 0 Å². The number of carbonyl (C=O) groups is 6. The van der Waals surface area contributed by atoms with Gasteiger partial charge in [0, 0.05) is 6.54 Å². The van der Waals surface area contributed by atoms with E-state index in [0.717, 1.165) is 26.0 Å². The SMILES string of the molecule is CCCC(C)(C)C(O)CN1C(=O)N(CC(O)CN2C(=O)N(CC(C)(C)C)C(=O)C(CC)(CC)C2=O)C(=O)C(CC)(CC)C1=O. The van der Waals surface area contributed by atoms with Crippen LogP contribution in [0.1, 0.15) is 108 Å². The van der Waals surface area contributed by atoms with Crippen LogP contribution in [-0.2, 0) is 19.2 Å². The van der Waals surface area contributed by atoms with E-state index in [4.69, 9.17) is 0 Å². The summed E-state index contributed by atoms with van der Waals surface area (Å²) in [6.45, 7) is 16.5. The van der Waals surface area contributed by atoms with Crippen LogP contribution in [0, 0.1) is 21.7 Å². The number of urea groups is 2. The third-order valence-corrected chi connectivity index (χ3v) is 9.53. The first kappa shape index (κ1) is 37.3. The molecule has 2 saturated heterocycles. The van der Waals surface area contributed by atoms with Crippen LogP contribution in [0.5, 0.6) is 0 Å². The Hall–Kier alpha value is -2.86. The Bertz CT molecular complexity index is 1140. The maximum Gasteiger partial charge on any atom is 0.333 e. The van der Waals surface area contributed by atoms with Gasteiger partial charge in [-0.1, -0.05) is 75.7 Å². The molecule has 2 N–H and O–H groups in total. The molecule has 2 heterocycles. The van der Waals surface area contributed by atoms with Crippen molar-refractivity contribution in [3.8, 4) is 0 Å². The Balaban J connectivity index is 2.45. The summed E-state index contributed by atoms with van der Waals surface area (Å²) in [5.74, 6) is -2.77. The number of barbiturate groups is 2. The Kier molecular flexibility index (Phi) is 11.6. The molecule has 2 aliphatic heterocycles. The molecule has 0 aromatic heterocycles. The molecule has 2 atom stereocenters. The molecule has 12 heteroatoms. The summed E-state index contributed by atoms with van der Waals surface area (Å²) in [5, 5.41) is 22.3. The van der Waals surface area contributed by atoms with E-state index in [0.29, 0.717) is 6.42 Å². The van der Waals surface area contributed by atoms with Crippen molar-refractivity contribution in [3.05, 3.63) is 0 Å². The van der Waals surface area contributed by atoms with Crippen LogP contribution in [0.4, 0.5) is 9.59 Å². The van der Waals surface area contributed by atoms with Crippen molar-refractivity contribution in [1.29, 1.82) is 0 Å². The van der Waals surface area contributed by atoms with Gasteiger partial charge in [-0.25, -0.2) is 9.59 Å². The van der Waals surface area contributed by atoms with Crippen LogP contribution in [-0.4, -0.2) is 104 Å². The molecule has 0 spiro atoms. The van der Waals surface area contributed by atoms with Gasteiger partial charge in [-0.15, -0.1) is 0 Å². The Labute approximate surface area is 262 Å². The molecule has 44 heavy (non-hydrogen) atoms. The fourth-order valence-electron chi connectivity index (χ4n) is 6.37. The van der Waals surface area contributed by atoms with Crippen molar-refractivity contribution < 1.29 is 39.0 Å². The van der Waals surface area contributed by atoms with E-state index >= 15 is 0 Å². The first-order valence-electron chi connectivity index (χ1n) is 16.0. The summed E-state index contributed by atoms with van der Waals surface area (Å²) >= 11 is 0. The summed E-state index contributed by atoms with van der Waals surface area (Å²) in [4.78, 5) is 85.4. The van der Waals surface area contributed by atoms with Crippen molar-refractivity contribution in [1.82, 2.24) is 19.6 Å². The van der Waals surface area contributed by atoms with E-state index in [-0.39, 0.29) is 38.8 Å². The summed E-state index contributed by atoms with van der Waals surface area (Å²) < 4.78 is 0. The summed E-state index contributed by atoms with van der Waals surface area (Å²) in [6, 6.07) is -1.84. The lowest BCUT2D eigenvalue weighted by Crippen LogP contribution is -2.68. The highest BCUT2D eigenvalue weighted by Gasteiger charge is 2.58. The Morgan fingerprint density at radius 3 is 1.27 bits per heavy atom. The van der Waals surface area contributed by atoms with Gasteiger partial charge in [0.2, 0.25) is 23.6 Å². The van der Waals surface area contributed by atoms with E-state index in [2.05, 4.69) is 0 Å². The molecule has 0 aliphatic carbocycles. The molecule has 0 radical (unpaired) electrons. The van der Waals surface area contributed by atoms with Gasteiger partial charge in [0.1, 0.15) is 10.8 Å². The number of imide groups is 4. The minimum atomic E-state index is -1.57. The van der Waals surface area contributed by atoms with Crippen molar-refractivity contribution in [2.75, 3.05) is 26.2 Å². The van der Waals surface area contributed by atoms with E-state index in [1.54, 1.807) is 27.7 Å². The first-order valence-corrected chi connectivity index (χ1v) is 16.0. The molecule has 8 amide bonds. The van der Waals surface area contributed by atoms with Crippen molar-refractivity contribution >= 4 is 35.7 Å². The zero-order valence-corrected chi connectivity index (χ0v) is 28.4. The molecule has 0 aromatic carbocycles. The summed E-state index contributed by atoms with van der Waals surface area (Å²) in [7, 11) is 0. The Morgan fingerprint density at radius 2 is 0.932 bits per heavy atom. The lowest BCUT2D eigenvalue weighted by Gasteiger charge is -2.47. The maximum absolute atomic E-state index is 13.7. The molecule has 0 saturated carbocycles.